The van der Waals surface area contributed by atoms with E-state index in [4.69, 9.17) is 0 Å². The van der Waals surface area contributed by atoms with Gasteiger partial charge in [0.05, 0.1) is 10.7 Å². The van der Waals surface area contributed by atoms with Gasteiger partial charge in [-0.1, -0.05) is 0 Å². The van der Waals surface area contributed by atoms with Gasteiger partial charge in [-0.3, -0.25) is 4.90 Å². The van der Waals surface area contributed by atoms with Crippen LogP contribution in [0.3, 0.4) is 0 Å². The smallest absolute Gasteiger partial charge is 0.0897 e. The van der Waals surface area contributed by atoms with Crippen LogP contribution in [-0.2, 0) is 6.54 Å². The Bertz CT molecular complexity index is 277. The summed E-state index contributed by atoms with van der Waals surface area (Å²) < 4.78 is 0. The van der Waals surface area contributed by atoms with E-state index in [0.717, 1.165) is 26.2 Å². The van der Waals surface area contributed by atoms with Gasteiger partial charge in [0.1, 0.15) is 0 Å². The molecule has 1 aromatic rings. The van der Waals surface area contributed by atoms with E-state index in [1.165, 1.54) is 23.7 Å². The minimum absolute atomic E-state index is 1.02. The van der Waals surface area contributed by atoms with Crippen molar-refractivity contribution < 1.29 is 0 Å². The Balaban J connectivity index is 1.89. The highest BCUT2D eigenvalue weighted by molar-refractivity contribution is 7.09. The van der Waals surface area contributed by atoms with Crippen molar-refractivity contribution in [1.29, 1.82) is 0 Å². The average Bonchev–Trinajstić information content (AvgIpc) is 2.43. The molecule has 1 fully saturated rings. The number of thiazole rings is 1. The van der Waals surface area contributed by atoms with Crippen LogP contribution in [0.15, 0.2) is 5.38 Å². The van der Waals surface area contributed by atoms with Crippen molar-refractivity contribution in [1.82, 2.24) is 15.2 Å². The molecule has 14 heavy (non-hydrogen) atoms. The number of hydrogen-bond acceptors (Lipinski definition) is 4. The van der Waals surface area contributed by atoms with Gasteiger partial charge in [0.15, 0.2) is 0 Å². The first-order chi connectivity index (χ1) is 6.84. The molecule has 2 rings (SSSR count). The predicted molar refractivity (Wildman–Crippen MR) is 59.6 cm³/mol. The Hall–Kier alpha value is -0.450. The second kappa shape index (κ2) is 4.87. The van der Waals surface area contributed by atoms with Gasteiger partial charge in [-0.05, 0) is 26.4 Å². The molecule has 0 aliphatic carbocycles. The van der Waals surface area contributed by atoms with Gasteiger partial charge in [-0.2, -0.15) is 0 Å². The van der Waals surface area contributed by atoms with E-state index in [9.17, 15) is 0 Å². The normalized spacial score (nSPS) is 19.5. The van der Waals surface area contributed by atoms with Crippen LogP contribution < -0.4 is 5.32 Å². The predicted octanol–water partition coefficient (Wildman–Crippen LogP) is 1.25. The molecular weight excluding hydrogens is 194 g/mol. The van der Waals surface area contributed by atoms with Gasteiger partial charge in [0, 0.05) is 25.0 Å². The highest BCUT2D eigenvalue weighted by atomic mass is 32.1. The van der Waals surface area contributed by atoms with Gasteiger partial charge in [0.25, 0.3) is 0 Å². The molecule has 1 aromatic heterocycles. The van der Waals surface area contributed by atoms with Crippen LogP contribution in [-0.4, -0.2) is 36.1 Å². The lowest BCUT2D eigenvalue weighted by Gasteiger charge is -2.17. The maximum absolute atomic E-state index is 4.49. The van der Waals surface area contributed by atoms with Gasteiger partial charge >= 0.3 is 0 Å². The van der Waals surface area contributed by atoms with E-state index < -0.39 is 0 Å². The number of aryl methyl sites for hydroxylation is 1. The molecule has 0 unspecified atom stereocenters. The molecule has 1 aliphatic heterocycles. The zero-order chi connectivity index (χ0) is 9.80. The van der Waals surface area contributed by atoms with Crippen LogP contribution >= 0.6 is 11.3 Å². The van der Waals surface area contributed by atoms with E-state index in [1.54, 1.807) is 11.3 Å². The monoisotopic (exact) mass is 211 g/mol. The molecule has 0 spiro atoms. The van der Waals surface area contributed by atoms with Gasteiger partial charge in [-0.15, -0.1) is 11.3 Å². The first kappa shape index (κ1) is 10.1. The summed E-state index contributed by atoms with van der Waals surface area (Å²) in [4.78, 5) is 6.97. The van der Waals surface area contributed by atoms with E-state index in [0.29, 0.717) is 0 Å². The lowest BCUT2D eigenvalue weighted by Crippen LogP contribution is -2.27. The van der Waals surface area contributed by atoms with Crippen molar-refractivity contribution in [2.24, 2.45) is 0 Å². The summed E-state index contributed by atoms with van der Waals surface area (Å²) in [5.41, 5.74) is 1.23. The second-order valence-electron chi connectivity index (χ2n) is 3.74. The third kappa shape index (κ3) is 2.77. The summed E-state index contributed by atoms with van der Waals surface area (Å²) in [5.74, 6) is 0. The third-order valence-electron chi connectivity index (χ3n) is 2.48. The fraction of sp³-hybridized carbons (Fsp3) is 0.700. The van der Waals surface area contributed by atoms with Crippen LogP contribution in [0.25, 0.3) is 0 Å². The molecular formula is C10H17N3S. The van der Waals surface area contributed by atoms with E-state index in [1.807, 2.05) is 0 Å². The molecule has 0 aromatic carbocycles. The van der Waals surface area contributed by atoms with E-state index >= 15 is 0 Å². The fourth-order valence-electron chi connectivity index (χ4n) is 1.77. The quantitative estimate of drug-likeness (QED) is 0.798. The number of nitrogens with zero attached hydrogens (tertiary/aromatic N) is 2. The minimum Gasteiger partial charge on any atom is -0.315 e. The van der Waals surface area contributed by atoms with E-state index in [-0.39, 0.29) is 0 Å². The van der Waals surface area contributed by atoms with Crippen molar-refractivity contribution in [2.75, 3.05) is 26.2 Å². The molecule has 0 amide bonds. The molecule has 0 bridgehead atoms. The summed E-state index contributed by atoms with van der Waals surface area (Å²) in [6.07, 6.45) is 1.25. The Morgan fingerprint density at radius 1 is 1.50 bits per heavy atom. The molecule has 1 saturated heterocycles. The Morgan fingerprint density at radius 2 is 2.43 bits per heavy atom. The van der Waals surface area contributed by atoms with Crippen molar-refractivity contribution in [3.8, 4) is 0 Å². The zero-order valence-electron chi connectivity index (χ0n) is 8.62. The SMILES string of the molecule is Cc1nc(CN2CCCNCC2)cs1. The molecule has 0 radical (unpaired) electrons. The van der Waals surface area contributed by atoms with Crippen LogP contribution in [0.2, 0.25) is 0 Å². The summed E-state index contributed by atoms with van der Waals surface area (Å²) in [7, 11) is 0. The second-order valence-corrected chi connectivity index (χ2v) is 4.80. The number of nitrogens with one attached hydrogen (secondary N) is 1. The van der Waals surface area contributed by atoms with Crippen LogP contribution in [0.1, 0.15) is 17.1 Å². The van der Waals surface area contributed by atoms with Crippen LogP contribution in [0, 0.1) is 6.92 Å². The average molecular weight is 211 g/mol. The molecule has 4 heteroatoms. The first-order valence-corrected chi connectivity index (χ1v) is 6.06. The molecule has 1 aliphatic rings. The molecule has 2 heterocycles. The summed E-state index contributed by atoms with van der Waals surface area (Å²) in [5, 5.41) is 6.76. The minimum atomic E-state index is 1.02. The summed E-state index contributed by atoms with van der Waals surface area (Å²) >= 11 is 1.74. The van der Waals surface area contributed by atoms with Crippen molar-refractivity contribution in [2.45, 2.75) is 19.9 Å². The largest absolute Gasteiger partial charge is 0.315 e. The van der Waals surface area contributed by atoms with Crippen molar-refractivity contribution in [3.05, 3.63) is 16.1 Å². The van der Waals surface area contributed by atoms with E-state index in [2.05, 4.69) is 27.5 Å². The number of rotatable bonds is 2. The molecule has 3 nitrogen and oxygen atoms in total. The topological polar surface area (TPSA) is 28.2 Å². The Labute approximate surface area is 89.1 Å². The number of hydrogen-bond donors (Lipinski definition) is 1. The molecule has 1 N–H and O–H groups in total. The summed E-state index contributed by atoms with van der Waals surface area (Å²) in [6, 6.07) is 0. The molecule has 0 atom stereocenters. The van der Waals surface area contributed by atoms with Gasteiger partial charge in [0.2, 0.25) is 0 Å². The Kier molecular flexibility index (Phi) is 3.50. The van der Waals surface area contributed by atoms with Crippen LogP contribution in [0.4, 0.5) is 0 Å². The lowest BCUT2D eigenvalue weighted by atomic mass is 10.3. The summed E-state index contributed by atoms with van der Waals surface area (Å²) in [6.45, 7) is 7.71. The lowest BCUT2D eigenvalue weighted by molar-refractivity contribution is 0.281. The fourth-order valence-corrected chi connectivity index (χ4v) is 2.37. The van der Waals surface area contributed by atoms with Crippen molar-refractivity contribution >= 4 is 11.3 Å². The highest BCUT2D eigenvalue weighted by Gasteiger charge is 2.10. The van der Waals surface area contributed by atoms with Crippen LogP contribution in [0.5, 0.6) is 0 Å². The standard InChI is InChI=1S/C10H17N3S/c1-9-12-10(8-14-9)7-13-5-2-3-11-4-6-13/h8,11H,2-7H2,1H3. The van der Waals surface area contributed by atoms with Gasteiger partial charge < -0.3 is 5.32 Å². The van der Waals surface area contributed by atoms with Gasteiger partial charge in [-0.25, -0.2) is 4.98 Å². The zero-order valence-corrected chi connectivity index (χ0v) is 9.44. The Morgan fingerprint density at radius 3 is 3.21 bits per heavy atom. The molecule has 0 saturated carbocycles. The molecule has 78 valence electrons. The van der Waals surface area contributed by atoms with Crippen molar-refractivity contribution in [3.63, 3.8) is 0 Å². The maximum atomic E-state index is 4.49. The maximum Gasteiger partial charge on any atom is 0.0897 e. The number of aromatic nitrogens is 1. The highest BCUT2D eigenvalue weighted by Crippen LogP contribution is 2.10. The third-order valence-corrected chi connectivity index (χ3v) is 3.31. The first-order valence-electron chi connectivity index (χ1n) is 5.19.